The maximum absolute atomic E-state index is 12.0. The van der Waals surface area contributed by atoms with Gasteiger partial charge in [-0.15, -0.1) is 6.58 Å². The molecule has 0 N–H and O–H groups in total. The van der Waals surface area contributed by atoms with Gasteiger partial charge in [0.15, 0.2) is 0 Å². The van der Waals surface area contributed by atoms with Crippen LogP contribution in [0.1, 0.15) is 13.8 Å². The molecule has 0 aliphatic heterocycles. The van der Waals surface area contributed by atoms with Crippen LogP contribution in [0.3, 0.4) is 0 Å². The summed E-state index contributed by atoms with van der Waals surface area (Å²) in [6.07, 6.45) is 4.46. The summed E-state index contributed by atoms with van der Waals surface area (Å²) in [5, 5.41) is -0.677. The molecule has 0 unspecified atom stereocenters. The Labute approximate surface area is 90.0 Å². The summed E-state index contributed by atoms with van der Waals surface area (Å²) < 4.78 is 23.9. The molecule has 0 saturated carbocycles. The Morgan fingerprint density at radius 2 is 1.87 bits per heavy atom. The van der Waals surface area contributed by atoms with E-state index in [1.807, 2.05) is 0 Å². The summed E-state index contributed by atoms with van der Waals surface area (Å²) in [6, 6.07) is 1.58. The van der Waals surface area contributed by atoms with Gasteiger partial charge < -0.3 is 0 Å². The first-order chi connectivity index (χ1) is 7.00. The van der Waals surface area contributed by atoms with Gasteiger partial charge >= 0.3 is 0 Å². The first kappa shape index (κ1) is 11.8. The van der Waals surface area contributed by atoms with Gasteiger partial charge in [-0.3, -0.25) is 0 Å². The van der Waals surface area contributed by atoms with E-state index >= 15 is 0 Å². The molecular weight excluding hydrogens is 212 g/mol. The normalized spacial score (nSPS) is 15.6. The van der Waals surface area contributed by atoms with Crippen LogP contribution in [-0.2, 0) is 9.84 Å². The van der Waals surface area contributed by atoms with Crippen LogP contribution in [0.5, 0.6) is 0 Å². The highest BCUT2D eigenvalue weighted by molar-refractivity contribution is 7.91. The minimum atomic E-state index is -3.44. The van der Waals surface area contributed by atoms with E-state index in [0.29, 0.717) is 0 Å². The van der Waals surface area contributed by atoms with Crippen molar-refractivity contribution in [2.75, 3.05) is 0 Å². The molecule has 1 aromatic heterocycles. The highest BCUT2D eigenvalue weighted by atomic mass is 32.2. The Bertz CT molecular complexity index is 428. The highest BCUT2D eigenvalue weighted by Crippen LogP contribution is 2.18. The maximum Gasteiger partial charge on any atom is 0.247 e. The molecule has 1 rings (SSSR count). The summed E-state index contributed by atoms with van der Waals surface area (Å²) in [6.45, 7) is 7.02. The SMILES string of the molecule is C=C[C@@H](C)[C@H](C)S(=O)(=O)c1ncccn1. The van der Waals surface area contributed by atoms with Gasteiger partial charge in [0.1, 0.15) is 0 Å². The second kappa shape index (κ2) is 4.53. The summed E-state index contributed by atoms with van der Waals surface area (Å²) in [5.41, 5.74) is 0. The van der Waals surface area contributed by atoms with E-state index in [0.717, 1.165) is 0 Å². The number of allylic oxidation sites excluding steroid dienone is 1. The Morgan fingerprint density at radius 1 is 1.33 bits per heavy atom. The van der Waals surface area contributed by atoms with Gasteiger partial charge in [0.05, 0.1) is 5.25 Å². The largest absolute Gasteiger partial charge is 0.247 e. The second-order valence-electron chi connectivity index (χ2n) is 3.38. The molecule has 1 heterocycles. The molecule has 0 fully saturated rings. The summed E-state index contributed by atoms with van der Waals surface area (Å²) in [4.78, 5) is 7.51. The molecule has 15 heavy (non-hydrogen) atoms. The molecule has 0 aliphatic carbocycles. The zero-order valence-electron chi connectivity index (χ0n) is 8.79. The summed E-state index contributed by atoms with van der Waals surface area (Å²) in [7, 11) is -3.44. The van der Waals surface area contributed by atoms with Gasteiger partial charge in [-0.1, -0.05) is 13.0 Å². The quantitative estimate of drug-likeness (QED) is 0.576. The Hall–Kier alpha value is -1.23. The van der Waals surface area contributed by atoms with E-state index in [1.54, 1.807) is 26.0 Å². The van der Waals surface area contributed by atoms with E-state index in [-0.39, 0.29) is 11.1 Å². The number of nitrogens with zero attached hydrogens (tertiary/aromatic N) is 2. The molecule has 2 atom stereocenters. The van der Waals surface area contributed by atoms with Crippen molar-refractivity contribution in [1.82, 2.24) is 9.97 Å². The van der Waals surface area contributed by atoms with Crippen molar-refractivity contribution in [2.45, 2.75) is 24.3 Å². The predicted molar refractivity (Wildman–Crippen MR) is 58.0 cm³/mol. The predicted octanol–water partition coefficient (Wildman–Crippen LogP) is 1.46. The zero-order valence-corrected chi connectivity index (χ0v) is 9.61. The summed E-state index contributed by atoms with van der Waals surface area (Å²) in [5.74, 6) is -0.126. The van der Waals surface area contributed by atoms with Crippen LogP contribution in [0.15, 0.2) is 36.3 Å². The van der Waals surface area contributed by atoms with Crippen LogP contribution in [0.25, 0.3) is 0 Å². The van der Waals surface area contributed by atoms with Crippen molar-refractivity contribution in [1.29, 1.82) is 0 Å². The minimum absolute atomic E-state index is 0.119. The molecule has 4 nitrogen and oxygen atoms in total. The van der Waals surface area contributed by atoms with Crippen molar-refractivity contribution >= 4 is 9.84 Å². The molecule has 0 aliphatic rings. The van der Waals surface area contributed by atoms with Crippen molar-refractivity contribution in [2.24, 2.45) is 5.92 Å². The topological polar surface area (TPSA) is 59.9 Å². The van der Waals surface area contributed by atoms with Crippen LogP contribution < -0.4 is 0 Å². The molecule has 0 radical (unpaired) electrons. The van der Waals surface area contributed by atoms with Crippen molar-refractivity contribution < 1.29 is 8.42 Å². The lowest BCUT2D eigenvalue weighted by atomic mass is 10.1. The molecule has 5 heteroatoms. The highest BCUT2D eigenvalue weighted by Gasteiger charge is 2.28. The van der Waals surface area contributed by atoms with Crippen LogP contribution in [-0.4, -0.2) is 23.6 Å². The molecule has 1 aromatic rings. The fourth-order valence-electron chi connectivity index (χ4n) is 1.07. The first-order valence-electron chi connectivity index (χ1n) is 4.63. The van der Waals surface area contributed by atoms with Crippen molar-refractivity contribution in [3.63, 3.8) is 0 Å². The number of hydrogen-bond donors (Lipinski definition) is 0. The average molecular weight is 226 g/mol. The fourth-order valence-corrected chi connectivity index (χ4v) is 2.50. The lowest BCUT2D eigenvalue weighted by Crippen LogP contribution is -2.25. The maximum atomic E-state index is 12.0. The minimum Gasteiger partial charge on any atom is -0.227 e. The van der Waals surface area contributed by atoms with E-state index in [4.69, 9.17) is 0 Å². The van der Waals surface area contributed by atoms with Crippen molar-refractivity contribution in [3.8, 4) is 0 Å². The van der Waals surface area contributed by atoms with Gasteiger partial charge in [0.25, 0.3) is 0 Å². The molecule has 0 spiro atoms. The summed E-state index contributed by atoms with van der Waals surface area (Å²) >= 11 is 0. The van der Waals surface area contributed by atoms with E-state index in [1.165, 1.54) is 12.4 Å². The Balaban J connectivity index is 3.09. The van der Waals surface area contributed by atoms with Crippen LogP contribution >= 0.6 is 0 Å². The third-order valence-electron chi connectivity index (χ3n) is 2.40. The van der Waals surface area contributed by atoms with Gasteiger partial charge in [-0.25, -0.2) is 18.4 Å². The smallest absolute Gasteiger partial charge is 0.227 e. The molecule has 0 aromatic carbocycles. The zero-order chi connectivity index (χ0) is 11.5. The second-order valence-corrected chi connectivity index (χ2v) is 5.58. The lowest BCUT2D eigenvalue weighted by molar-refractivity contribution is 0.554. The number of sulfone groups is 1. The van der Waals surface area contributed by atoms with Crippen molar-refractivity contribution in [3.05, 3.63) is 31.1 Å². The lowest BCUT2D eigenvalue weighted by Gasteiger charge is -2.15. The number of rotatable bonds is 4. The Kier molecular flexibility index (Phi) is 3.57. The molecule has 0 saturated heterocycles. The standard InChI is InChI=1S/C10H14N2O2S/c1-4-8(2)9(3)15(13,14)10-11-6-5-7-12-10/h4-9H,1H2,2-3H3/t8-,9+/m1/s1. The van der Waals surface area contributed by atoms with Crippen LogP contribution in [0.4, 0.5) is 0 Å². The molecule has 82 valence electrons. The number of hydrogen-bond acceptors (Lipinski definition) is 4. The molecule has 0 bridgehead atoms. The van der Waals surface area contributed by atoms with Gasteiger partial charge in [-0.05, 0) is 18.9 Å². The van der Waals surface area contributed by atoms with Gasteiger partial charge in [0, 0.05) is 12.4 Å². The fraction of sp³-hybridized carbons (Fsp3) is 0.400. The molecular formula is C10H14N2O2S. The van der Waals surface area contributed by atoms with Gasteiger partial charge in [0.2, 0.25) is 15.0 Å². The third kappa shape index (κ3) is 2.41. The van der Waals surface area contributed by atoms with Crippen LogP contribution in [0.2, 0.25) is 0 Å². The number of aromatic nitrogens is 2. The van der Waals surface area contributed by atoms with E-state index in [2.05, 4.69) is 16.5 Å². The van der Waals surface area contributed by atoms with Gasteiger partial charge in [-0.2, -0.15) is 0 Å². The van der Waals surface area contributed by atoms with Crippen LogP contribution in [0, 0.1) is 5.92 Å². The monoisotopic (exact) mass is 226 g/mol. The third-order valence-corrected chi connectivity index (χ3v) is 4.53. The average Bonchev–Trinajstić information content (AvgIpc) is 2.28. The van der Waals surface area contributed by atoms with E-state index < -0.39 is 15.1 Å². The first-order valence-corrected chi connectivity index (χ1v) is 6.18. The Morgan fingerprint density at radius 3 is 2.33 bits per heavy atom. The molecule has 0 amide bonds. The van der Waals surface area contributed by atoms with E-state index in [9.17, 15) is 8.42 Å².